The molecule has 12 heavy (non-hydrogen) atoms. The fraction of sp³-hybridized carbons (Fsp3) is 1.00. The molecule has 0 aromatic carbocycles. The fourth-order valence-corrected chi connectivity index (χ4v) is 2.05. The van der Waals surface area contributed by atoms with E-state index in [0.717, 1.165) is 11.8 Å². The molecule has 1 N–H and O–H groups in total. The average molecular weight is 169 g/mol. The molecule has 1 saturated heterocycles. The van der Waals surface area contributed by atoms with Crippen LogP contribution in [0.3, 0.4) is 0 Å². The van der Waals surface area contributed by atoms with Crippen molar-refractivity contribution in [1.29, 1.82) is 0 Å². The lowest BCUT2D eigenvalue weighted by Gasteiger charge is -2.36. The maximum atomic E-state index is 3.42. The van der Waals surface area contributed by atoms with Crippen molar-refractivity contribution in [2.75, 3.05) is 13.1 Å². The Kier molecular flexibility index (Phi) is 3.16. The summed E-state index contributed by atoms with van der Waals surface area (Å²) in [6.07, 6.45) is 2.75. The summed E-state index contributed by atoms with van der Waals surface area (Å²) in [4.78, 5) is 0. The summed E-state index contributed by atoms with van der Waals surface area (Å²) < 4.78 is 0. The summed E-state index contributed by atoms with van der Waals surface area (Å²) in [5, 5.41) is 3.42. The number of rotatable bonds is 1. The third-order valence-corrected chi connectivity index (χ3v) is 3.46. The Hall–Kier alpha value is -0.0400. The highest BCUT2D eigenvalue weighted by Crippen LogP contribution is 2.35. The van der Waals surface area contributed by atoms with Crippen LogP contribution in [0.25, 0.3) is 0 Å². The third kappa shape index (κ3) is 2.48. The van der Waals surface area contributed by atoms with Crippen molar-refractivity contribution in [3.05, 3.63) is 0 Å². The lowest BCUT2D eigenvalue weighted by molar-refractivity contribution is 0.147. The van der Waals surface area contributed by atoms with Crippen molar-refractivity contribution in [3.8, 4) is 0 Å². The number of piperidine rings is 1. The molecule has 1 heterocycles. The summed E-state index contributed by atoms with van der Waals surface area (Å²) >= 11 is 0. The summed E-state index contributed by atoms with van der Waals surface area (Å²) in [6.45, 7) is 11.9. The normalized spacial score (nSPS) is 24.0. The molecule has 1 nitrogen and oxygen atoms in total. The maximum absolute atomic E-state index is 3.42. The van der Waals surface area contributed by atoms with E-state index in [4.69, 9.17) is 0 Å². The Morgan fingerprint density at radius 1 is 1.17 bits per heavy atom. The second-order valence-corrected chi connectivity index (χ2v) is 5.24. The van der Waals surface area contributed by atoms with Crippen LogP contribution in [-0.4, -0.2) is 13.1 Å². The van der Waals surface area contributed by atoms with E-state index in [1.54, 1.807) is 0 Å². The Bertz CT molecular complexity index is 128. The average Bonchev–Trinajstić information content (AvgIpc) is 2.03. The van der Waals surface area contributed by atoms with E-state index < -0.39 is 0 Å². The smallest absolute Gasteiger partial charge is 0.00462 e. The van der Waals surface area contributed by atoms with Gasteiger partial charge in [-0.05, 0) is 43.2 Å². The van der Waals surface area contributed by atoms with Crippen molar-refractivity contribution in [2.24, 2.45) is 17.3 Å². The van der Waals surface area contributed by atoms with Crippen LogP contribution in [0.5, 0.6) is 0 Å². The van der Waals surface area contributed by atoms with Gasteiger partial charge in [-0.2, -0.15) is 0 Å². The van der Waals surface area contributed by atoms with Gasteiger partial charge in [-0.1, -0.05) is 27.7 Å². The highest BCUT2D eigenvalue weighted by atomic mass is 14.9. The van der Waals surface area contributed by atoms with Gasteiger partial charge in [0.25, 0.3) is 0 Å². The Morgan fingerprint density at radius 3 is 2.08 bits per heavy atom. The van der Waals surface area contributed by atoms with Gasteiger partial charge in [0.05, 0.1) is 0 Å². The van der Waals surface area contributed by atoms with Gasteiger partial charge in [-0.25, -0.2) is 0 Å². The number of hydrogen-bond acceptors (Lipinski definition) is 1. The molecule has 0 unspecified atom stereocenters. The summed E-state index contributed by atoms with van der Waals surface area (Å²) in [5.74, 6) is 1.81. The maximum Gasteiger partial charge on any atom is -0.00462 e. The van der Waals surface area contributed by atoms with Gasteiger partial charge >= 0.3 is 0 Å². The second kappa shape index (κ2) is 3.78. The minimum Gasteiger partial charge on any atom is -0.317 e. The molecule has 0 bridgehead atoms. The molecule has 0 aromatic rings. The zero-order valence-electron chi connectivity index (χ0n) is 8.98. The van der Waals surface area contributed by atoms with Crippen LogP contribution in [0.1, 0.15) is 40.5 Å². The molecular weight excluding hydrogens is 146 g/mol. The molecule has 0 saturated carbocycles. The van der Waals surface area contributed by atoms with E-state index in [-0.39, 0.29) is 0 Å². The van der Waals surface area contributed by atoms with E-state index in [1.165, 1.54) is 25.9 Å². The van der Waals surface area contributed by atoms with Crippen LogP contribution in [0.15, 0.2) is 0 Å². The Morgan fingerprint density at radius 2 is 1.67 bits per heavy atom. The van der Waals surface area contributed by atoms with Crippen LogP contribution in [0.2, 0.25) is 0 Å². The second-order valence-electron chi connectivity index (χ2n) is 5.24. The van der Waals surface area contributed by atoms with Crippen LogP contribution >= 0.6 is 0 Å². The molecular formula is C11H23N. The van der Waals surface area contributed by atoms with Gasteiger partial charge in [0.2, 0.25) is 0 Å². The first-order chi connectivity index (χ1) is 5.52. The summed E-state index contributed by atoms with van der Waals surface area (Å²) in [7, 11) is 0. The van der Waals surface area contributed by atoms with Crippen molar-refractivity contribution in [1.82, 2.24) is 5.32 Å². The lowest BCUT2D eigenvalue weighted by Crippen LogP contribution is -2.35. The van der Waals surface area contributed by atoms with E-state index >= 15 is 0 Å². The van der Waals surface area contributed by atoms with Crippen molar-refractivity contribution < 1.29 is 0 Å². The number of hydrogen-bond donors (Lipinski definition) is 1. The molecule has 1 aliphatic heterocycles. The third-order valence-electron chi connectivity index (χ3n) is 3.46. The van der Waals surface area contributed by atoms with Gasteiger partial charge in [0.15, 0.2) is 0 Å². The molecule has 0 amide bonds. The van der Waals surface area contributed by atoms with E-state index in [9.17, 15) is 0 Å². The zero-order valence-corrected chi connectivity index (χ0v) is 8.98. The molecule has 1 atom stereocenters. The van der Waals surface area contributed by atoms with E-state index in [1.807, 2.05) is 0 Å². The van der Waals surface area contributed by atoms with Crippen molar-refractivity contribution in [3.63, 3.8) is 0 Å². The molecule has 72 valence electrons. The minimum absolute atomic E-state index is 0.488. The quantitative estimate of drug-likeness (QED) is 0.636. The molecule has 0 spiro atoms. The first-order valence-corrected chi connectivity index (χ1v) is 5.22. The molecule has 0 radical (unpaired) electrons. The molecule has 1 heteroatoms. The molecule has 1 fully saturated rings. The number of nitrogens with one attached hydrogen (secondary N) is 1. The van der Waals surface area contributed by atoms with Gasteiger partial charge < -0.3 is 5.32 Å². The molecule has 0 aliphatic carbocycles. The van der Waals surface area contributed by atoms with E-state index in [2.05, 4.69) is 33.0 Å². The van der Waals surface area contributed by atoms with Gasteiger partial charge in [-0.15, -0.1) is 0 Å². The van der Waals surface area contributed by atoms with Gasteiger partial charge in [0, 0.05) is 0 Å². The molecule has 0 aromatic heterocycles. The minimum atomic E-state index is 0.488. The topological polar surface area (TPSA) is 12.0 Å². The van der Waals surface area contributed by atoms with Crippen LogP contribution in [0, 0.1) is 17.3 Å². The van der Waals surface area contributed by atoms with Crippen LogP contribution in [-0.2, 0) is 0 Å². The first kappa shape index (κ1) is 10.0. The van der Waals surface area contributed by atoms with Gasteiger partial charge in [0.1, 0.15) is 0 Å². The Balaban J connectivity index is 2.45. The molecule has 1 aliphatic rings. The zero-order chi connectivity index (χ0) is 9.19. The first-order valence-electron chi connectivity index (χ1n) is 5.22. The highest BCUT2D eigenvalue weighted by Gasteiger charge is 2.28. The summed E-state index contributed by atoms with van der Waals surface area (Å²) in [6, 6.07) is 0. The van der Waals surface area contributed by atoms with Crippen LogP contribution < -0.4 is 5.32 Å². The largest absolute Gasteiger partial charge is 0.317 e. The lowest BCUT2D eigenvalue weighted by atomic mass is 9.71. The monoisotopic (exact) mass is 169 g/mol. The van der Waals surface area contributed by atoms with Crippen molar-refractivity contribution >= 4 is 0 Å². The van der Waals surface area contributed by atoms with Crippen molar-refractivity contribution in [2.45, 2.75) is 40.5 Å². The molecule has 1 rings (SSSR count). The van der Waals surface area contributed by atoms with Crippen LogP contribution in [0.4, 0.5) is 0 Å². The SMILES string of the molecule is C[C@H](C1CCNCC1)C(C)(C)C. The predicted octanol–water partition coefficient (Wildman–Crippen LogP) is 2.67. The summed E-state index contributed by atoms with van der Waals surface area (Å²) in [5.41, 5.74) is 0.488. The fourth-order valence-electron chi connectivity index (χ4n) is 2.05. The highest BCUT2D eigenvalue weighted by molar-refractivity contribution is 4.80. The predicted molar refractivity (Wildman–Crippen MR) is 54.2 cm³/mol. The Labute approximate surface area is 76.9 Å². The van der Waals surface area contributed by atoms with E-state index in [0.29, 0.717) is 5.41 Å². The standard InChI is InChI=1S/C11H23N/c1-9(11(2,3)4)10-5-7-12-8-6-10/h9-10,12H,5-8H2,1-4H3/t9-/m1/s1. The van der Waals surface area contributed by atoms with Gasteiger partial charge in [-0.3, -0.25) is 0 Å².